The molecule has 0 unspecified atom stereocenters. The highest BCUT2D eigenvalue weighted by Gasteiger charge is 2.23. The van der Waals surface area contributed by atoms with Crippen molar-refractivity contribution < 1.29 is 26.7 Å². The topological polar surface area (TPSA) is 64.6 Å². The molecule has 0 radical (unpaired) electrons. The van der Waals surface area contributed by atoms with Crippen molar-refractivity contribution in [2.45, 2.75) is 4.90 Å². The maximum absolute atomic E-state index is 14.1. The number of ether oxygens (including phenoxy) is 2. The van der Waals surface area contributed by atoms with Crippen molar-refractivity contribution in [3.05, 3.63) is 47.0 Å². The lowest BCUT2D eigenvalue weighted by atomic mass is 10.3. The molecule has 2 aromatic carbocycles. The van der Waals surface area contributed by atoms with Gasteiger partial charge in [-0.05, 0) is 18.2 Å². The van der Waals surface area contributed by atoms with Crippen molar-refractivity contribution in [2.75, 3.05) is 18.9 Å². The molecule has 0 saturated carbocycles. The van der Waals surface area contributed by atoms with Gasteiger partial charge in [0.1, 0.15) is 16.5 Å². The Bertz CT molecular complexity index is 843. The summed E-state index contributed by atoms with van der Waals surface area (Å²) in [7, 11) is -1.72. The fraction of sp³-hybridized carbons (Fsp3) is 0.143. The summed E-state index contributed by atoms with van der Waals surface area (Å²) < 4.78 is 63.7. The Morgan fingerprint density at radius 1 is 1.04 bits per heavy atom. The van der Waals surface area contributed by atoms with Crippen LogP contribution in [0.15, 0.2) is 35.2 Å². The molecule has 0 aliphatic carbocycles. The van der Waals surface area contributed by atoms with E-state index in [2.05, 4.69) is 4.72 Å². The SMILES string of the molecule is COc1cc(F)c(S(=O)(=O)Nc2ccc(F)cc2Cl)cc1OC. The molecule has 0 amide bonds. The molecule has 9 heteroatoms. The van der Waals surface area contributed by atoms with Gasteiger partial charge in [-0.15, -0.1) is 0 Å². The van der Waals surface area contributed by atoms with E-state index in [0.717, 1.165) is 30.3 Å². The lowest BCUT2D eigenvalue weighted by molar-refractivity contribution is 0.350. The number of halogens is 3. The second-order valence-corrected chi connectivity index (χ2v) is 6.43. The monoisotopic (exact) mass is 363 g/mol. The quantitative estimate of drug-likeness (QED) is 0.883. The Morgan fingerprint density at radius 2 is 1.65 bits per heavy atom. The standard InChI is InChI=1S/C14H12ClF2NO4S/c1-21-12-6-10(17)14(7-13(12)22-2)23(19,20)18-11-4-3-8(16)5-9(11)15/h3-7,18H,1-2H3. The molecule has 0 aliphatic heterocycles. The van der Waals surface area contributed by atoms with Crippen molar-refractivity contribution in [2.24, 2.45) is 0 Å². The van der Waals surface area contributed by atoms with E-state index in [1.165, 1.54) is 14.2 Å². The average molecular weight is 364 g/mol. The lowest BCUT2D eigenvalue weighted by Gasteiger charge is -2.13. The first kappa shape index (κ1) is 17.3. The predicted molar refractivity (Wildman–Crippen MR) is 81.7 cm³/mol. The Labute approximate surface area is 136 Å². The molecule has 0 fully saturated rings. The third-order valence-corrected chi connectivity index (χ3v) is 4.60. The van der Waals surface area contributed by atoms with Gasteiger partial charge in [0, 0.05) is 12.1 Å². The van der Waals surface area contributed by atoms with E-state index >= 15 is 0 Å². The van der Waals surface area contributed by atoms with Crippen LogP contribution in [0.3, 0.4) is 0 Å². The van der Waals surface area contributed by atoms with Crippen LogP contribution in [0.5, 0.6) is 11.5 Å². The molecule has 124 valence electrons. The number of hydrogen-bond donors (Lipinski definition) is 1. The summed E-state index contributed by atoms with van der Waals surface area (Å²) in [6.07, 6.45) is 0. The van der Waals surface area contributed by atoms with Crippen LogP contribution in [0.25, 0.3) is 0 Å². The van der Waals surface area contributed by atoms with Crippen LogP contribution in [0.2, 0.25) is 5.02 Å². The van der Waals surface area contributed by atoms with Crippen molar-refractivity contribution >= 4 is 27.3 Å². The van der Waals surface area contributed by atoms with Gasteiger partial charge in [-0.1, -0.05) is 11.6 Å². The number of anilines is 1. The summed E-state index contributed by atoms with van der Waals surface area (Å²) in [4.78, 5) is -0.657. The second-order valence-electron chi connectivity index (χ2n) is 4.37. The van der Waals surface area contributed by atoms with Crippen LogP contribution >= 0.6 is 11.6 Å². The van der Waals surface area contributed by atoms with Crippen LogP contribution in [0, 0.1) is 11.6 Å². The van der Waals surface area contributed by atoms with Crippen LogP contribution in [-0.2, 0) is 10.0 Å². The fourth-order valence-electron chi connectivity index (χ4n) is 1.81. The normalized spacial score (nSPS) is 11.2. The summed E-state index contributed by atoms with van der Waals surface area (Å²) in [5.74, 6) is -1.58. The van der Waals surface area contributed by atoms with Crippen molar-refractivity contribution in [1.82, 2.24) is 0 Å². The van der Waals surface area contributed by atoms with Gasteiger partial charge in [0.15, 0.2) is 11.5 Å². The molecule has 0 atom stereocenters. The largest absolute Gasteiger partial charge is 0.493 e. The van der Waals surface area contributed by atoms with E-state index < -0.39 is 26.6 Å². The van der Waals surface area contributed by atoms with Gasteiger partial charge in [-0.2, -0.15) is 0 Å². The summed E-state index contributed by atoms with van der Waals surface area (Å²) in [6.45, 7) is 0. The lowest BCUT2D eigenvalue weighted by Crippen LogP contribution is -2.15. The zero-order valence-corrected chi connectivity index (χ0v) is 13.6. The van der Waals surface area contributed by atoms with Crippen LogP contribution in [-0.4, -0.2) is 22.6 Å². The van der Waals surface area contributed by atoms with Gasteiger partial charge in [0.2, 0.25) is 0 Å². The van der Waals surface area contributed by atoms with E-state index in [9.17, 15) is 17.2 Å². The predicted octanol–water partition coefficient (Wildman–Crippen LogP) is 3.44. The van der Waals surface area contributed by atoms with E-state index in [1.54, 1.807) is 0 Å². The first-order valence-corrected chi connectivity index (χ1v) is 8.04. The van der Waals surface area contributed by atoms with Gasteiger partial charge >= 0.3 is 0 Å². The molecule has 0 bridgehead atoms. The van der Waals surface area contributed by atoms with Gasteiger partial charge in [0.25, 0.3) is 10.0 Å². The summed E-state index contributed by atoms with van der Waals surface area (Å²) in [5.41, 5.74) is -0.0812. The van der Waals surface area contributed by atoms with Crippen molar-refractivity contribution in [1.29, 1.82) is 0 Å². The molecular formula is C14H12ClF2NO4S. The van der Waals surface area contributed by atoms with Crippen LogP contribution < -0.4 is 14.2 Å². The maximum Gasteiger partial charge on any atom is 0.265 e. The fourth-order valence-corrected chi connectivity index (χ4v) is 3.24. The van der Waals surface area contributed by atoms with Gasteiger partial charge < -0.3 is 9.47 Å². The minimum Gasteiger partial charge on any atom is -0.493 e. The molecule has 0 aliphatic rings. The molecule has 0 spiro atoms. The summed E-state index contributed by atoms with van der Waals surface area (Å²) in [6, 6.07) is 4.96. The van der Waals surface area contributed by atoms with Gasteiger partial charge in [-0.25, -0.2) is 17.2 Å². The van der Waals surface area contributed by atoms with Crippen LogP contribution in [0.1, 0.15) is 0 Å². The number of nitrogens with one attached hydrogen (secondary N) is 1. The summed E-state index contributed by atoms with van der Waals surface area (Å²) >= 11 is 5.76. The molecule has 0 saturated heterocycles. The molecule has 23 heavy (non-hydrogen) atoms. The third kappa shape index (κ3) is 3.65. The highest BCUT2D eigenvalue weighted by Crippen LogP contribution is 2.33. The number of benzene rings is 2. The Kier molecular flexibility index (Phi) is 4.96. The number of rotatable bonds is 5. The van der Waals surface area contributed by atoms with Gasteiger partial charge in [0.05, 0.1) is 24.9 Å². The highest BCUT2D eigenvalue weighted by molar-refractivity contribution is 7.92. The molecule has 2 rings (SSSR count). The van der Waals surface area contributed by atoms with E-state index in [4.69, 9.17) is 21.1 Å². The second kappa shape index (κ2) is 6.59. The smallest absolute Gasteiger partial charge is 0.265 e. The minimum absolute atomic E-state index is 0.0412. The van der Waals surface area contributed by atoms with E-state index in [1.807, 2.05) is 0 Å². The molecule has 5 nitrogen and oxygen atoms in total. The zero-order chi connectivity index (χ0) is 17.2. The molecular weight excluding hydrogens is 352 g/mol. The Balaban J connectivity index is 2.47. The number of sulfonamides is 1. The zero-order valence-electron chi connectivity index (χ0n) is 12.1. The van der Waals surface area contributed by atoms with E-state index in [0.29, 0.717) is 0 Å². The maximum atomic E-state index is 14.1. The average Bonchev–Trinajstić information content (AvgIpc) is 2.49. The molecule has 1 N–H and O–H groups in total. The molecule has 0 aromatic heterocycles. The van der Waals surface area contributed by atoms with Crippen molar-refractivity contribution in [3.63, 3.8) is 0 Å². The highest BCUT2D eigenvalue weighted by atomic mass is 35.5. The van der Waals surface area contributed by atoms with Crippen LogP contribution in [0.4, 0.5) is 14.5 Å². The molecule has 2 aromatic rings. The Hall–Kier alpha value is -2.06. The first-order chi connectivity index (χ1) is 10.8. The third-order valence-electron chi connectivity index (χ3n) is 2.90. The number of methoxy groups -OCH3 is 2. The number of hydrogen-bond acceptors (Lipinski definition) is 4. The Morgan fingerprint density at radius 3 is 2.22 bits per heavy atom. The molecule has 0 heterocycles. The van der Waals surface area contributed by atoms with Gasteiger partial charge in [-0.3, -0.25) is 4.72 Å². The van der Waals surface area contributed by atoms with E-state index in [-0.39, 0.29) is 22.2 Å². The minimum atomic E-state index is -4.30. The van der Waals surface area contributed by atoms with Crippen molar-refractivity contribution in [3.8, 4) is 11.5 Å². The first-order valence-electron chi connectivity index (χ1n) is 6.18. The summed E-state index contributed by atoms with van der Waals surface area (Å²) in [5, 5.41) is -0.158.